The Morgan fingerprint density at radius 3 is 3.04 bits per heavy atom. The first kappa shape index (κ1) is 17.5. The van der Waals surface area contributed by atoms with Crippen molar-refractivity contribution in [1.29, 1.82) is 5.26 Å². The lowest BCUT2D eigenvalue weighted by Gasteiger charge is -2.38. The SMILES string of the molecule is N#CCCN1CCC(CC2COc3c(cccc3C(N)=O)O2)C(O)C1. The molecule has 2 aliphatic rings. The molecule has 1 aromatic carbocycles. The standard InChI is InChI=1S/C18H23N3O4/c19-6-2-7-21-8-5-12(15(22)10-21)9-13-11-24-17-14(18(20)23)3-1-4-16(17)25-13/h1,3-4,12-13,15,22H,2,5,7-11H2,(H2,20,23). The molecule has 2 aliphatic heterocycles. The van der Waals surface area contributed by atoms with E-state index in [0.29, 0.717) is 49.6 Å². The number of aliphatic hydroxyl groups is 1. The Hall–Kier alpha value is -2.30. The van der Waals surface area contributed by atoms with Crippen LogP contribution in [0.15, 0.2) is 18.2 Å². The van der Waals surface area contributed by atoms with E-state index < -0.39 is 12.0 Å². The normalized spacial score (nSPS) is 26.0. The number of para-hydroxylation sites is 1. The number of piperidine rings is 1. The van der Waals surface area contributed by atoms with Gasteiger partial charge in [0.05, 0.1) is 17.7 Å². The Morgan fingerprint density at radius 2 is 2.32 bits per heavy atom. The molecule has 1 saturated heterocycles. The van der Waals surface area contributed by atoms with Crippen LogP contribution in [0.1, 0.15) is 29.6 Å². The molecule has 0 radical (unpaired) electrons. The average Bonchev–Trinajstić information content (AvgIpc) is 2.61. The van der Waals surface area contributed by atoms with Crippen LogP contribution >= 0.6 is 0 Å². The van der Waals surface area contributed by atoms with E-state index in [-0.39, 0.29) is 12.0 Å². The van der Waals surface area contributed by atoms with Crippen LogP contribution < -0.4 is 15.2 Å². The maximum atomic E-state index is 11.4. The number of hydrogen-bond donors (Lipinski definition) is 2. The van der Waals surface area contributed by atoms with Crippen molar-refractivity contribution in [1.82, 2.24) is 4.90 Å². The molecule has 3 N–H and O–H groups in total. The first-order valence-corrected chi connectivity index (χ1v) is 8.58. The maximum absolute atomic E-state index is 11.4. The fourth-order valence-electron chi connectivity index (χ4n) is 3.53. The number of rotatable bonds is 5. The van der Waals surface area contributed by atoms with Gasteiger partial charge in [0.15, 0.2) is 11.5 Å². The summed E-state index contributed by atoms with van der Waals surface area (Å²) in [5, 5.41) is 19.1. The van der Waals surface area contributed by atoms with E-state index in [4.69, 9.17) is 20.5 Å². The number of aliphatic hydroxyl groups excluding tert-OH is 1. The summed E-state index contributed by atoms with van der Waals surface area (Å²) in [6.07, 6.45) is 1.43. The monoisotopic (exact) mass is 345 g/mol. The van der Waals surface area contributed by atoms with Crippen molar-refractivity contribution in [3.8, 4) is 17.6 Å². The fraction of sp³-hybridized carbons (Fsp3) is 0.556. The van der Waals surface area contributed by atoms with Gasteiger partial charge in [-0.25, -0.2) is 0 Å². The summed E-state index contributed by atoms with van der Waals surface area (Å²) in [5.74, 6) is 0.512. The van der Waals surface area contributed by atoms with E-state index in [1.807, 2.05) is 0 Å². The third-order valence-corrected chi connectivity index (χ3v) is 4.86. The summed E-state index contributed by atoms with van der Waals surface area (Å²) in [7, 11) is 0. The number of benzene rings is 1. The number of nitrogens with zero attached hydrogens (tertiary/aromatic N) is 2. The van der Waals surface area contributed by atoms with Crippen LogP contribution in [0.2, 0.25) is 0 Å². The van der Waals surface area contributed by atoms with Gasteiger partial charge < -0.3 is 20.3 Å². The third-order valence-electron chi connectivity index (χ3n) is 4.86. The Bertz CT molecular complexity index is 673. The van der Waals surface area contributed by atoms with Gasteiger partial charge >= 0.3 is 0 Å². The molecule has 0 aliphatic carbocycles. The van der Waals surface area contributed by atoms with Gasteiger partial charge in [-0.2, -0.15) is 5.26 Å². The van der Waals surface area contributed by atoms with Gasteiger partial charge in [-0.05, 0) is 37.4 Å². The lowest BCUT2D eigenvalue weighted by atomic mass is 9.88. The number of fused-ring (bicyclic) bond motifs is 1. The number of carbonyl (C=O) groups is 1. The zero-order chi connectivity index (χ0) is 17.8. The van der Waals surface area contributed by atoms with Gasteiger partial charge in [0.25, 0.3) is 5.91 Å². The molecule has 0 bridgehead atoms. The summed E-state index contributed by atoms with van der Waals surface area (Å²) in [6.45, 7) is 2.49. The molecular weight excluding hydrogens is 322 g/mol. The van der Waals surface area contributed by atoms with Crippen LogP contribution in [0.25, 0.3) is 0 Å². The zero-order valence-corrected chi connectivity index (χ0v) is 14.1. The fourth-order valence-corrected chi connectivity index (χ4v) is 3.53. The van der Waals surface area contributed by atoms with E-state index in [1.54, 1.807) is 18.2 Å². The van der Waals surface area contributed by atoms with E-state index in [2.05, 4.69) is 11.0 Å². The molecule has 0 aromatic heterocycles. The lowest BCUT2D eigenvalue weighted by Crippen LogP contribution is -2.46. The predicted octanol–water partition coefficient (Wildman–Crippen LogP) is 0.912. The number of β-amino-alcohol motifs (C(OH)–C–C–N with tert-alkyl or cyclic N) is 1. The van der Waals surface area contributed by atoms with E-state index >= 15 is 0 Å². The average molecular weight is 345 g/mol. The second kappa shape index (κ2) is 7.72. The number of nitriles is 1. The van der Waals surface area contributed by atoms with Crippen molar-refractivity contribution in [3.05, 3.63) is 23.8 Å². The van der Waals surface area contributed by atoms with Crippen molar-refractivity contribution >= 4 is 5.91 Å². The van der Waals surface area contributed by atoms with Crippen molar-refractivity contribution in [2.45, 2.75) is 31.5 Å². The Balaban J connectivity index is 1.58. The van der Waals surface area contributed by atoms with Gasteiger partial charge in [0, 0.05) is 19.5 Å². The summed E-state index contributed by atoms with van der Waals surface area (Å²) >= 11 is 0. The largest absolute Gasteiger partial charge is 0.485 e. The molecule has 3 rings (SSSR count). The highest BCUT2D eigenvalue weighted by Gasteiger charge is 2.32. The van der Waals surface area contributed by atoms with Crippen LogP contribution in [0.5, 0.6) is 11.5 Å². The summed E-state index contributed by atoms with van der Waals surface area (Å²) in [5.41, 5.74) is 5.68. The number of amides is 1. The zero-order valence-electron chi connectivity index (χ0n) is 14.1. The van der Waals surface area contributed by atoms with Crippen LogP contribution in [0.3, 0.4) is 0 Å². The van der Waals surface area contributed by atoms with Crippen molar-refractivity contribution < 1.29 is 19.4 Å². The molecule has 1 fully saturated rings. The van der Waals surface area contributed by atoms with Crippen molar-refractivity contribution in [3.63, 3.8) is 0 Å². The highest BCUT2D eigenvalue weighted by molar-refractivity contribution is 5.96. The van der Waals surface area contributed by atoms with Gasteiger partial charge in [-0.1, -0.05) is 6.07 Å². The summed E-state index contributed by atoms with van der Waals surface area (Å²) in [6, 6.07) is 7.23. The molecular formula is C18H23N3O4. The number of ether oxygens (including phenoxy) is 2. The quantitative estimate of drug-likeness (QED) is 0.821. The maximum Gasteiger partial charge on any atom is 0.252 e. The van der Waals surface area contributed by atoms with Crippen LogP contribution in [0, 0.1) is 17.2 Å². The minimum absolute atomic E-state index is 0.132. The second-order valence-corrected chi connectivity index (χ2v) is 6.61. The summed E-state index contributed by atoms with van der Waals surface area (Å²) < 4.78 is 11.7. The molecule has 0 spiro atoms. The number of nitrogens with two attached hydrogens (primary N) is 1. The molecule has 7 heteroatoms. The molecule has 1 amide bonds. The van der Waals surface area contributed by atoms with Crippen LogP contribution in [-0.4, -0.2) is 54.4 Å². The topological polar surface area (TPSA) is 109 Å². The van der Waals surface area contributed by atoms with E-state index in [9.17, 15) is 9.90 Å². The van der Waals surface area contributed by atoms with E-state index in [0.717, 1.165) is 13.0 Å². The molecule has 7 nitrogen and oxygen atoms in total. The first-order chi connectivity index (χ1) is 12.1. The van der Waals surface area contributed by atoms with Crippen LogP contribution in [0.4, 0.5) is 0 Å². The molecule has 2 heterocycles. The number of primary amides is 1. The molecule has 134 valence electrons. The summed E-state index contributed by atoms with van der Waals surface area (Å²) in [4.78, 5) is 13.6. The minimum Gasteiger partial charge on any atom is -0.485 e. The predicted molar refractivity (Wildman–Crippen MR) is 90.3 cm³/mol. The Labute approximate surface area is 146 Å². The van der Waals surface area contributed by atoms with Gasteiger partial charge in [0.1, 0.15) is 12.7 Å². The third kappa shape index (κ3) is 4.03. The lowest BCUT2D eigenvalue weighted by molar-refractivity contribution is -0.00926. The molecule has 1 aromatic rings. The van der Waals surface area contributed by atoms with Crippen LogP contribution in [-0.2, 0) is 0 Å². The first-order valence-electron chi connectivity index (χ1n) is 8.58. The molecule has 3 atom stereocenters. The highest BCUT2D eigenvalue weighted by atomic mass is 16.6. The molecule has 25 heavy (non-hydrogen) atoms. The molecule has 0 saturated carbocycles. The van der Waals surface area contributed by atoms with Crippen molar-refractivity contribution in [2.75, 3.05) is 26.2 Å². The minimum atomic E-state index is -0.543. The smallest absolute Gasteiger partial charge is 0.252 e. The van der Waals surface area contributed by atoms with Gasteiger partial charge in [-0.15, -0.1) is 0 Å². The molecule has 3 unspecified atom stereocenters. The Kier molecular flexibility index (Phi) is 5.41. The Morgan fingerprint density at radius 1 is 1.48 bits per heavy atom. The van der Waals surface area contributed by atoms with Gasteiger partial charge in [0.2, 0.25) is 0 Å². The number of carbonyl (C=O) groups excluding carboxylic acids is 1. The number of likely N-dealkylation sites (tertiary alicyclic amines) is 1. The van der Waals surface area contributed by atoms with E-state index in [1.165, 1.54) is 0 Å². The van der Waals surface area contributed by atoms with Crippen molar-refractivity contribution in [2.24, 2.45) is 11.7 Å². The van der Waals surface area contributed by atoms with Gasteiger partial charge in [-0.3, -0.25) is 9.69 Å². The highest BCUT2D eigenvalue weighted by Crippen LogP contribution is 2.36. The number of hydrogen-bond acceptors (Lipinski definition) is 6. The second-order valence-electron chi connectivity index (χ2n) is 6.61.